The molecule has 16 heavy (non-hydrogen) atoms. The Morgan fingerprint density at radius 1 is 1.19 bits per heavy atom. The molecule has 1 aliphatic rings. The van der Waals surface area contributed by atoms with Gasteiger partial charge in [-0.3, -0.25) is 0 Å². The van der Waals surface area contributed by atoms with Gasteiger partial charge >= 0.3 is 0 Å². The third-order valence-electron chi connectivity index (χ3n) is 3.18. The van der Waals surface area contributed by atoms with E-state index >= 15 is 0 Å². The van der Waals surface area contributed by atoms with Crippen LogP contribution in [0.1, 0.15) is 30.0 Å². The summed E-state index contributed by atoms with van der Waals surface area (Å²) in [5, 5.41) is 3.49. The van der Waals surface area contributed by atoms with E-state index in [4.69, 9.17) is 9.47 Å². The van der Waals surface area contributed by atoms with Crippen molar-refractivity contribution >= 4 is 0 Å². The molecular weight excluding hydrogens is 202 g/mol. The van der Waals surface area contributed by atoms with Crippen molar-refractivity contribution in [3.05, 3.63) is 23.3 Å². The molecule has 1 N–H and O–H groups in total. The molecule has 1 aliphatic heterocycles. The van der Waals surface area contributed by atoms with Crippen LogP contribution in [0.15, 0.2) is 12.1 Å². The van der Waals surface area contributed by atoms with Crippen LogP contribution in [0.3, 0.4) is 0 Å². The molecule has 1 aromatic rings. The Kier molecular flexibility index (Phi) is 3.34. The zero-order valence-corrected chi connectivity index (χ0v) is 10.2. The van der Waals surface area contributed by atoms with E-state index in [1.165, 1.54) is 18.4 Å². The van der Waals surface area contributed by atoms with Gasteiger partial charge in [-0.15, -0.1) is 0 Å². The first kappa shape index (κ1) is 11.3. The third kappa shape index (κ3) is 2.00. The predicted octanol–water partition coefficient (Wildman–Crippen LogP) is 2.44. The van der Waals surface area contributed by atoms with Crippen LogP contribution in [-0.4, -0.2) is 20.8 Å². The Balaban J connectivity index is 2.39. The first-order valence-corrected chi connectivity index (χ1v) is 5.72. The fourth-order valence-corrected chi connectivity index (χ4v) is 2.31. The maximum Gasteiger partial charge on any atom is 0.127 e. The lowest BCUT2D eigenvalue weighted by Gasteiger charge is -2.17. The van der Waals surface area contributed by atoms with E-state index in [0.29, 0.717) is 6.04 Å². The van der Waals surface area contributed by atoms with Crippen molar-refractivity contribution < 1.29 is 9.47 Å². The Bertz CT molecular complexity index is 370. The number of hydrogen-bond donors (Lipinski definition) is 1. The summed E-state index contributed by atoms with van der Waals surface area (Å²) < 4.78 is 10.7. The highest BCUT2D eigenvalue weighted by molar-refractivity contribution is 5.47. The van der Waals surface area contributed by atoms with Crippen molar-refractivity contribution in [1.82, 2.24) is 5.32 Å². The van der Waals surface area contributed by atoms with Crippen LogP contribution in [0, 0.1) is 6.92 Å². The topological polar surface area (TPSA) is 30.5 Å². The molecule has 0 radical (unpaired) electrons. The average molecular weight is 221 g/mol. The third-order valence-corrected chi connectivity index (χ3v) is 3.18. The normalized spacial score (nSPS) is 19.8. The largest absolute Gasteiger partial charge is 0.496 e. The second-order valence-electron chi connectivity index (χ2n) is 4.21. The van der Waals surface area contributed by atoms with Gasteiger partial charge in [0.25, 0.3) is 0 Å². The van der Waals surface area contributed by atoms with Gasteiger partial charge in [-0.05, 0) is 37.9 Å². The molecule has 0 spiro atoms. The standard InChI is InChI=1S/C13H19NO2/c1-9-7-10(11-5-4-6-14-11)13(16-3)8-12(9)15-2/h7-8,11,14H,4-6H2,1-3H3. The van der Waals surface area contributed by atoms with Crippen molar-refractivity contribution in [2.75, 3.05) is 20.8 Å². The molecule has 1 unspecified atom stereocenters. The number of aryl methyl sites for hydroxylation is 1. The number of hydrogen-bond acceptors (Lipinski definition) is 3. The average Bonchev–Trinajstić information content (AvgIpc) is 2.82. The molecule has 0 bridgehead atoms. The molecule has 2 rings (SSSR count). The smallest absolute Gasteiger partial charge is 0.127 e. The van der Waals surface area contributed by atoms with Crippen LogP contribution < -0.4 is 14.8 Å². The number of ether oxygens (including phenoxy) is 2. The summed E-state index contributed by atoms with van der Waals surface area (Å²) in [6.45, 7) is 3.16. The number of methoxy groups -OCH3 is 2. The summed E-state index contributed by atoms with van der Waals surface area (Å²) in [6.07, 6.45) is 2.42. The first-order valence-electron chi connectivity index (χ1n) is 5.72. The van der Waals surface area contributed by atoms with Gasteiger partial charge < -0.3 is 14.8 Å². The van der Waals surface area contributed by atoms with E-state index < -0.39 is 0 Å². The molecule has 0 amide bonds. The monoisotopic (exact) mass is 221 g/mol. The summed E-state index contributed by atoms with van der Waals surface area (Å²) in [4.78, 5) is 0. The fraction of sp³-hybridized carbons (Fsp3) is 0.538. The Labute approximate surface area is 96.8 Å². The van der Waals surface area contributed by atoms with Gasteiger partial charge in [-0.25, -0.2) is 0 Å². The predicted molar refractivity (Wildman–Crippen MR) is 64.3 cm³/mol. The molecule has 0 aliphatic carbocycles. The van der Waals surface area contributed by atoms with E-state index in [0.717, 1.165) is 23.6 Å². The second-order valence-corrected chi connectivity index (χ2v) is 4.21. The van der Waals surface area contributed by atoms with Gasteiger partial charge in [0.1, 0.15) is 11.5 Å². The van der Waals surface area contributed by atoms with Crippen LogP contribution in [0.2, 0.25) is 0 Å². The lowest BCUT2D eigenvalue weighted by Crippen LogP contribution is -2.14. The first-order chi connectivity index (χ1) is 7.76. The van der Waals surface area contributed by atoms with Gasteiger partial charge in [0, 0.05) is 17.7 Å². The van der Waals surface area contributed by atoms with Gasteiger partial charge in [-0.1, -0.05) is 0 Å². The van der Waals surface area contributed by atoms with Crippen LogP contribution in [0.5, 0.6) is 11.5 Å². The van der Waals surface area contributed by atoms with Crippen LogP contribution in [-0.2, 0) is 0 Å². The minimum atomic E-state index is 0.430. The lowest BCUT2D eigenvalue weighted by atomic mass is 10.0. The second kappa shape index (κ2) is 4.74. The summed E-state index contributed by atoms with van der Waals surface area (Å²) >= 11 is 0. The van der Waals surface area contributed by atoms with Crippen molar-refractivity contribution in [3.8, 4) is 11.5 Å². The lowest BCUT2D eigenvalue weighted by molar-refractivity contribution is 0.385. The molecule has 3 nitrogen and oxygen atoms in total. The minimum Gasteiger partial charge on any atom is -0.496 e. The van der Waals surface area contributed by atoms with Crippen LogP contribution >= 0.6 is 0 Å². The van der Waals surface area contributed by atoms with Crippen molar-refractivity contribution in [3.63, 3.8) is 0 Å². The van der Waals surface area contributed by atoms with E-state index in [9.17, 15) is 0 Å². The quantitative estimate of drug-likeness (QED) is 0.850. The number of rotatable bonds is 3. The van der Waals surface area contributed by atoms with Crippen LogP contribution in [0.4, 0.5) is 0 Å². The highest BCUT2D eigenvalue weighted by Gasteiger charge is 2.21. The molecule has 88 valence electrons. The van der Waals surface area contributed by atoms with E-state index in [-0.39, 0.29) is 0 Å². The Morgan fingerprint density at radius 2 is 1.94 bits per heavy atom. The van der Waals surface area contributed by atoms with E-state index in [2.05, 4.69) is 18.3 Å². The molecule has 1 atom stereocenters. The zero-order valence-electron chi connectivity index (χ0n) is 10.2. The SMILES string of the molecule is COc1cc(OC)c(C2CCCN2)cc1C. The van der Waals surface area contributed by atoms with Gasteiger partial charge in [0.15, 0.2) is 0 Å². The van der Waals surface area contributed by atoms with E-state index in [1.807, 2.05) is 6.07 Å². The van der Waals surface area contributed by atoms with Crippen molar-refractivity contribution in [1.29, 1.82) is 0 Å². The maximum atomic E-state index is 5.44. The Morgan fingerprint density at radius 3 is 2.50 bits per heavy atom. The summed E-state index contributed by atoms with van der Waals surface area (Å²) in [5.41, 5.74) is 2.41. The van der Waals surface area contributed by atoms with Gasteiger partial charge in [0.2, 0.25) is 0 Å². The highest BCUT2D eigenvalue weighted by atomic mass is 16.5. The van der Waals surface area contributed by atoms with E-state index in [1.54, 1.807) is 14.2 Å². The number of benzene rings is 1. The van der Waals surface area contributed by atoms with Gasteiger partial charge in [-0.2, -0.15) is 0 Å². The number of nitrogens with one attached hydrogen (secondary N) is 1. The molecule has 1 heterocycles. The van der Waals surface area contributed by atoms with Crippen molar-refractivity contribution in [2.24, 2.45) is 0 Å². The summed E-state index contributed by atoms with van der Waals surface area (Å²) in [5.74, 6) is 1.81. The maximum absolute atomic E-state index is 5.44. The molecular formula is C13H19NO2. The molecule has 1 fully saturated rings. The minimum absolute atomic E-state index is 0.430. The summed E-state index contributed by atoms with van der Waals surface area (Å²) in [6, 6.07) is 4.57. The molecule has 1 aromatic carbocycles. The van der Waals surface area contributed by atoms with Gasteiger partial charge in [0.05, 0.1) is 14.2 Å². The zero-order chi connectivity index (χ0) is 11.5. The molecule has 0 saturated carbocycles. The molecule has 3 heteroatoms. The fourth-order valence-electron chi connectivity index (χ4n) is 2.31. The van der Waals surface area contributed by atoms with Crippen molar-refractivity contribution in [2.45, 2.75) is 25.8 Å². The van der Waals surface area contributed by atoms with Crippen LogP contribution in [0.25, 0.3) is 0 Å². The Hall–Kier alpha value is -1.22. The molecule has 0 aromatic heterocycles. The highest BCUT2D eigenvalue weighted by Crippen LogP contribution is 2.35. The molecule has 1 saturated heterocycles. The summed E-state index contributed by atoms with van der Waals surface area (Å²) in [7, 11) is 3.40.